The fourth-order valence-electron chi connectivity index (χ4n) is 3.48. The van der Waals surface area contributed by atoms with Gasteiger partial charge in [-0.25, -0.2) is 0 Å². The van der Waals surface area contributed by atoms with E-state index in [2.05, 4.69) is 0 Å². The number of unbranched alkanes of at least 4 members (excludes halogenated alkanes) is 1. The minimum atomic E-state index is -0.864. The van der Waals surface area contributed by atoms with E-state index in [-0.39, 0.29) is 32.0 Å². The predicted octanol–water partition coefficient (Wildman–Crippen LogP) is 1.99. The summed E-state index contributed by atoms with van der Waals surface area (Å²) in [4.78, 5) is 21.9. The number of nitrogens with two attached hydrogens (primary N) is 1. The van der Waals surface area contributed by atoms with Gasteiger partial charge in [0.25, 0.3) is 0 Å². The predicted molar refractivity (Wildman–Crippen MR) is 171 cm³/mol. The van der Waals surface area contributed by atoms with E-state index in [0.717, 1.165) is 5.75 Å². The summed E-state index contributed by atoms with van der Waals surface area (Å²) >= 11 is 0. The molecule has 0 aliphatic rings. The highest BCUT2D eigenvalue weighted by Gasteiger charge is 2.04. The van der Waals surface area contributed by atoms with E-state index in [0.29, 0.717) is 137 Å². The average Bonchev–Trinajstić information content (AvgIpc) is 3.06. The molecule has 3 N–H and O–H groups in total. The summed E-state index contributed by atoms with van der Waals surface area (Å²) in [6.45, 7) is 8.89. The molecule has 0 saturated carbocycles. The van der Waals surface area contributed by atoms with Crippen LogP contribution in [0.25, 0.3) is 0 Å². The molecule has 0 fully saturated rings. The van der Waals surface area contributed by atoms with Crippen molar-refractivity contribution in [1.82, 2.24) is 0 Å². The average molecular weight is 678 g/mol. The molecule has 0 spiro atoms. The van der Waals surface area contributed by atoms with Crippen LogP contribution in [0.4, 0.5) is 5.69 Å². The summed E-state index contributed by atoms with van der Waals surface area (Å²) < 4.78 is 59.5. The second-order valence-corrected chi connectivity index (χ2v) is 9.75. The summed E-state index contributed by atoms with van der Waals surface area (Å²) in [5.74, 6) is -0.448. The van der Waals surface area contributed by atoms with Crippen LogP contribution in [0.2, 0.25) is 0 Å². The van der Waals surface area contributed by atoms with Gasteiger partial charge >= 0.3 is 11.9 Å². The van der Waals surface area contributed by atoms with Gasteiger partial charge in [0.1, 0.15) is 19.0 Å². The zero-order valence-corrected chi connectivity index (χ0v) is 27.6. The number of hydrogen-bond donors (Lipinski definition) is 2. The number of esters is 1. The van der Waals surface area contributed by atoms with Crippen LogP contribution in [-0.4, -0.2) is 149 Å². The first-order valence-electron chi connectivity index (χ1n) is 16.1. The molecule has 0 atom stereocenters. The Kier molecular flexibility index (Phi) is 30.1. The highest BCUT2D eigenvalue weighted by molar-refractivity contribution is 5.69. The van der Waals surface area contributed by atoms with E-state index in [1.165, 1.54) is 0 Å². The Morgan fingerprint density at radius 2 is 0.787 bits per heavy atom. The van der Waals surface area contributed by atoms with Crippen LogP contribution in [0.3, 0.4) is 0 Å². The molecule has 0 aromatic heterocycles. The van der Waals surface area contributed by atoms with Crippen molar-refractivity contribution in [2.75, 3.05) is 138 Å². The number of carboxylic acid groups (broad SMARTS) is 1. The Balaban J connectivity index is 1.65. The minimum Gasteiger partial charge on any atom is -0.491 e. The number of anilines is 1. The molecule has 0 aliphatic heterocycles. The first kappa shape index (κ1) is 42.4. The van der Waals surface area contributed by atoms with Gasteiger partial charge in [-0.1, -0.05) is 0 Å². The third-order valence-corrected chi connectivity index (χ3v) is 5.86. The molecule has 0 radical (unpaired) electrons. The first-order valence-corrected chi connectivity index (χ1v) is 16.1. The third kappa shape index (κ3) is 31.8. The van der Waals surface area contributed by atoms with Crippen molar-refractivity contribution in [3.05, 3.63) is 24.3 Å². The van der Waals surface area contributed by atoms with E-state index in [1.807, 2.05) is 12.1 Å². The Hall–Kier alpha value is -2.60. The van der Waals surface area contributed by atoms with Gasteiger partial charge in [0, 0.05) is 18.5 Å². The first-order chi connectivity index (χ1) is 23.1. The Labute approximate surface area is 278 Å². The van der Waals surface area contributed by atoms with Crippen molar-refractivity contribution in [1.29, 1.82) is 0 Å². The van der Waals surface area contributed by atoms with Crippen molar-refractivity contribution in [3.63, 3.8) is 0 Å². The number of hydrogen-bond acceptors (Lipinski definition) is 14. The maximum Gasteiger partial charge on any atom is 0.305 e. The van der Waals surface area contributed by atoms with E-state index in [9.17, 15) is 9.59 Å². The van der Waals surface area contributed by atoms with E-state index in [4.69, 9.17) is 62.9 Å². The highest BCUT2D eigenvalue weighted by atomic mass is 16.6. The van der Waals surface area contributed by atoms with Crippen molar-refractivity contribution < 1.29 is 66.8 Å². The maximum atomic E-state index is 11.5. The number of rotatable bonds is 36. The molecule has 15 heteroatoms. The van der Waals surface area contributed by atoms with Gasteiger partial charge in [0.15, 0.2) is 0 Å². The quantitative estimate of drug-likeness (QED) is 0.0597. The topological polar surface area (TPSA) is 182 Å². The van der Waals surface area contributed by atoms with Gasteiger partial charge in [0.2, 0.25) is 0 Å². The summed E-state index contributed by atoms with van der Waals surface area (Å²) in [6.07, 6.45) is 1.23. The summed E-state index contributed by atoms with van der Waals surface area (Å²) in [5, 5.41) is 8.55. The van der Waals surface area contributed by atoms with Crippen LogP contribution >= 0.6 is 0 Å². The molecule has 0 heterocycles. The van der Waals surface area contributed by atoms with Gasteiger partial charge < -0.3 is 62.9 Å². The molecule has 0 aliphatic carbocycles. The molecule has 0 saturated heterocycles. The number of nitrogen functional groups attached to an aromatic ring is 1. The lowest BCUT2D eigenvalue weighted by molar-refractivity contribution is -0.146. The van der Waals surface area contributed by atoms with Crippen molar-refractivity contribution in [3.8, 4) is 5.75 Å². The molecule has 15 nitrogen and oxygen atoms in total. The molecule has 0 amide bonds. The molecule has 1 rings (SSSR count). The maximum absolute atomic E-state index is 11.5. The fraction of sp³-hybridized carbons (Fsp3) is 0.750. The van der Waals surface area contributed by atoms with Gasteiger partial charge in [-0.05, 0) is 37.1 Å². The Morgan fingerprint density at radius 3 is 1.15 bits per heavy atom. The second kappa shape index (κ2) is 33.3. The van der Waals surface area contributed by atoms with Crippen LogP contribution in [0.1, 0.15) is 25.7 Å². The number of carbonyl (C=O) groups excluding carboxylic acids is 1. The zero-order valence-electron chi connectivity index (χ0n) is 27.6. The van der Waals surface area contributed by atoms with Crippen LogP contribution in [0.5, 0.6) is 5.75 Å². The molecule has 0 unspecified atom stereocenters. The fourth-order valence-corrected chi connectivity index (χ4v) is 3.48. The van der Waals surface area contributed by atoms with Crippen LogP contribution in [0.15, 0.2) is 24.3 Å². The number of benzene rings is 1. The van der Waals surface area contributed by atoms with Crippen molar-refractivity contribution >= 4 is 17.6 Å². The molecular formula is C32H55NO14. The van der Waals surface area contributed by atoms with Crippen molar-refractivity contribution in [2.45, 2.75) is 25.7 Å². The molecule has 47 heavy (non-hydrogen) atoms. The molecule has 0 bridgehead atoms. The summed E-state index contributed by atoms with van der Waals surface area (Å²) in [6, 6.07) is 7.24. The van der Waals surface area contributed by atoms with Gasteiger partial charge in [0.05, 0.1) is 119 Å². The molecular weight excluding hydrogens is 622 g/mol. The van der Waals surface area contributed by atoms with Crippen LogP contribution < -0.4 is 10.5 Å². The minimum absolute atomic E-state index is 0.0592. The van der Waals surface area contributed by atoms with Gasteiger partial charge in [-0.2, -0.15) is 0 Å². The molecule has 1 aromatic carbocycles. The SMILES string of the molecule is Nc1ccc(OCCOCCOCCOCCOCCOCCOCCOCCOCCOCCOC(=O)CCCCC(=O)O)cc1. The molecule has 1 aromatic rings. The monoisotopic (exact) mass is 677 g/mol. The normalized spacial score (nSPS) is 11.1. The zero-order chi connectivity index (χ0) is 33.9. The number of ether oxygens (including phenoxy) is 11. The Morgan fingerprint density at radius 1 is 0.468 bits per heavy atom. The largest absolute Gasteiger partial charge is 0.491 e. The second-order valence-electron chi connectivity index (χ2n) is 9.75. The highest BCUT2D eigenvalue weighted by Crippen LogP contribution is 2.12. The van der Waals surface area contributed by atoms with Crippen LogP contribution in [0, 0.1) is 0 Å². The lowest BCUT2D eigenvalue weighted by Gasteiger charge is -2.09. The lowest BCUT2D eigenvalue weighted by atomic mass is 10.2. The van der Waals surface area contributed by atoms with E-state index in [1.54, 1.807) is 12.1 Å². The molecule has 272 valence electrons. The van der Waals surface area contributed by atoms with Gasteiger partial charge in [-0.3, -0.25) is 9.59 Å². The smallest absolute Gasteiger partial charge is 0.305 e. The lowest BCUT2D eigenvalue weighted by Crippen LogP contribution is -2.15. The van der Waals surface area contributed by atoms with E-state index >= 15 is 0 Å². The third-order valence-electron chi connectivity index (χ3n) is 5.86. The summed E-state index contributed by atoms with van der Waals surface area (Å²) in [7, 11) is 0. The summed E-state index contributed by atoms with van der Waals surface area (Å²) in [5.41, 5.74) is 6.34. The Bertz CT molecular complexity index is 846. The van der Waals surface area contributed by atoms with Gasteiger partial charge in [-0.15, -0.1) is 0 Å². The van der Waals surface area contributed by atoms with E-state index < -0.39 is 5.97 Å². The number of carboxylic acids is 1. The van der Waals surface area contributed by atoms with Crippen molar-refractivity contribution in [2.24, 2.45) is 0 Å². The van der Waals surface area contributed by atoms with Crippen LogP contribution in [-0.2, 0) is 57.0 Å². The standard InChI is InChI=1S/C32H55NO14/c33-29-5-7-30(8-6-29)46-27-25-44-23-21-42-19-17-40-15-13-38-11-9-37-10-12-39-14-16-41-18-20-43-22-24-45-26-28-47-32(36)4-2-1-3-31(34)35/h5-8H,1-4,9-28,33H2,(H,34,35). The number of carbonyl (C=O) groups is 2. The number of aliphatic carboxylic acids is 1.